The summed E-state index contributed by atoms with van der Waals surface area (Å²) in [5.74, 6) is -0.990. The maximum Gasteiger partial charge on any atom is 0.340 e. The Kier molecular flexibility index (Phi) is 5.73. The Morgan fingerprint density at radius 3 is 2.79 bits per heavy atom. The third-order valence-electron chi connectivity index (χ3n) is 4.21. The largest absolute Gasteiger partial charge is 0.452 e. The van der Waals surface area contributed by atoms with Gasteiger partial charge in [-0.2, -0.15) is 0 Å². The SMILES string of the molecule is CC[C@H]1CCCCN1C(=O)COC(=O)c1ccc([N+](=O)[O-])cc1N. The van der Waals surface area contributed by atoms with Gasteiger partial charge in [0, 0.05) is 24.7 Å². The summed E-state index contributed by atoms with van der Waals surface area (Å²) >= 11 is 0. The quantitative estimate of drug-likeness (QED) is 0.381. The average Bonchev–Trinajstić information content (AvgIpc) is 2.59. The van der Waals surface area contributed by atoms with E-state index in [-0.39, 0.29) is 35.5 Å². The van der Waals surface area contributed by atoms with Crippen LogP contribution in [0.25, 0.3) is 0 Å². The Labute approximate surface area is 139 Å². The summed E-state index contributed by atoms with van der Waals surface area (Å²) in [5, 5.41) is 10.7. The second-order valence-electron chi connectivity index (χ2n) is 5.75. The van der Waals surface area contributed by atoms with Crippen molar-refractivity contribution in [1.82, 2.24) is 4.90 Å². The Bertz CT molecular complexity index is 647. The molecule has 1 aliphatic rings. The third kappa shape index (κ3) is 4.01. The van der Waals surface area contributed by atoms with Crippen LogP contribution in [-0.4, -0.2) is 40.9 Å². The fourth-order valence-corrected chi connectivity index (χ4v) is 2.89. The minimum Gasteiger partial charge on any atom is -0.452 e. The average molecular weight is 335 g/mol. The number of nitrogen functional groups attached to an aromatic ring is 1. The van der Waals surface area contributed by atoms with Gasteiger partial charge in [-0.15, -0.1) is 0 Å². The summed E-state index contributed by atoms with van der Waals surface area (Å²) in [4.78, 5) is 36.1. The molecule has 0 spiro atoms. The number of piperidine rings is 1. The van der Waals surface area contributed by atoms with E-state index < -0.39 is 10.9 Å². The zero-order valence-corrected chi connectivity index (χ0v) is 13.6. The van der Waals surface area contributed by atoms with Crippen LogP contribution in [0.3, 0.4) is 0 Å². The number of carbonyl (C=O) groups is 2. The molecular formula is C16H21N3O5. The number of amides is 1. The van der Waals surface area contributed by atoms with Gasteiger partial charge in [-0.25, -0.2) is 4.79 Å². The molecule has 1 aromatic carbocycles. The van der Waals surface area contributed by atoms with E-state index in [0.29, 0.717) is 6.54 Å². The van der Waals surface area contributed by atoms with Crippen LogP contribution in [0, 0.1) is 10.1 Å². The van der Waals surface area contributed by atoms with Gasteiger partial charge in [-0.1, -0.05) is 6.92 Å². The van der Waals surface area contributed by atoms with Crippen LogP contribution in [-0.2, 0) is 9.53 Å². The predicted molar refractivity (Wildman–Crippen MR) is 87.4 cm³/mol. The van der Waals surface area contributed by atoms with Gasteiger partial charge < -0.3 is 15.4 Å². The molecule has 0 bridgehead atoms. The Morgan fingerprint density at radius 2 is 2.17 bits per heavy atom. The van der Waals surface area contributed by atoms with Crippen LogP contribution >= 0.6 is 0 Å². The highest BCUT2D eigenvalue weighted by Gasteiger charge is 2.26. The highest BCUT2D eigenvalue weighted by molar-refractivity contribution is 5.96. The van der Waals surface area contributed by atoms with E-state index in [2.05, 4.69) is 0 Å². The minimum atomic E-state index is -0.763. The van der Waals surface area contributed by atoms with Gasteiger partial charge in [0.15, 0.2) is 6.61 Å². The molecular weight excluding hydrogens is 314 g/mol. The van der Waals surface area contributed by atoms with Gasteiger partial charge in [-0.3, -0.25) is 14.9 Å². The van der Waals surface area contributed by atoms with E-state index in [0.717, 1.165) is 31.7 Å². The summed E-state index contributed by atoms with van der Waals surface area (Å²) in [6.45, 7) is 2.35. The van der Waals surface area contributed by atoms with Crippen molar-refractivity contribution in [3.63, 3.8) is 0 Å². The lowest BCUT2D eigenvalue weighted by molar-refractivity contribution is -0.384. The second-order valence-corrected chi connectivity index (χ2v) is 5.75. The van der Waals surface area contributed by atoms with Crippen LogP contribution in [0.2, 0.25) is 0 Å². The predicted octanol–water partition coefficient (Wildman–Crippen LogP) is 2.12. The number of nitro benzene ring substituents is 1. The normalized spacial score (nSPS) is 17.4. The first-order chi connectivity index (χ1) is 11.4. The zero-order valence-electron chi connectivity index (χ0n) is 13.6. The number of anilines is 1. The van der Waals surface area contributed by atoms with E-state index >= 15 is 0 Å². The number of rotatable bonds is 5. The first-order valence-electron chi connectivity index (χ1n) is 7.94. The molecule has 2 N–H and O–H groups in total. The molecule has 1 aromatic rings. The molecule has 0 radical (unpaired) electrons. The molecule has 1 fully saturated rings. The van der Waals surface area contributed by atoms with Crippen molar-refractivity contribution < 1.29 is 19.2 Å². The van der Waals surface area contributed by atoms with E-state index in [1.54, 1.807) is 4.90 Å². The molecule has 130 valence electrons. The summed E-state index contributed by atoms with van der Waals surface area (Å²) in [5.41, 5.74) is 5.41. The number of hydrogen-bond donors (Lipinski definition) is 1. The van der Waals surface area contributed by atoms with E-state index in [1.807, 2.05) is 6.92 Å². The second kappa shape index (κ2) is 7.76. The van der Waals surface area contributed by atoms with Crippen molar-refractivity contribution in [2.75, 3.05) is 18.9 Å². The Hall–Kier alpha value is -2.64. The molecule has 0 aromatic heterocycles. The Morgan fingerprint density at radius 1 is 1.42 bits per heavy atom. The Balaban J connectivity index is 1.97. The van der Waals surface area contributed by atoms with Crippen molar-refractivity contribution in [3.8, 4) is 0 Å². The smallest absolute Gasteiger partial charge is 0.340 e. The van der Waals surface area contributed by atoms with Gasteiger partial charge in [0.25, 0.3) is 11.6 Å². The van der Waals surface area contributed by atoms with Crippen LogP contribution in [0.15, 0.2) is 18.2 Å². The number of nitrogens with two attached hydrogens (primary N) is 1. The molecule has 1 atom stereocenters. The number of nitro groups is 1. The summed E-state index contributed by atoms with van der Waals surface area (Å²) < 4.78 is 5.04. The van der Waals surface area contributed by atoms with Crippen molar-refractivity contribution >= 4 is 23.3 Å². The first kappa shape index (κ1) is 17.7. The van der Waals surface area contributed by atoms with Crippen molar-refractivity contribution in [2.45, 2.75) is 38.6 Å². The lowest BCUT2D eigenvalue weighted by Crippen LogP contribution is -2.45. The first-order valence-corrected chi connectivity index (χ1v) is 7.94. The van der Waals surface area contributed by atoms with E-state index in [9.17, 15) is 19.7 Å². The standard InChI is InChI=1S/C16H21N3O5/c1-2-11-5-3-4-8-18(11)15(20)10-24-16(21)13-7-6-12(19(22)23)9-14(13)17/h6-7,9,11H,2-5,8,10,17H2,1H3/t11-/m0/s1. The zero-order chi connectivity index (χ0) is 17.7. The molecule has 2 rings (SSSR count). The number of carbonyl (C=O) groups excluding carboxylic acids is 2. The number of hydrogen-bond acceptors (Lipinski definition) is 6. The fraction of sp³-hybridized carbons (Fsp3) is 0.500. The van der Waals surface area contributed by atoms with Gasteiger partial charge in [0.2, 0.25) is 0 Å². The van der Waals surface area contributed by atoms with Gasteiger partial charge >= 0.3 is 5.97 Å². The lowest BCUT2D eigenvalue weighted by Gasteiger charge is -2.35. The van der Waals surface area contributed by atoms with Crippen LogP contribution < -0.4 is 5.73 Å². The lowest BCUT2D eigenvalue weighted by atomic mass is 10.00. The summed E-state index contributed by atoms with van der Waals surface area (Å²) in [6, 6.07) is 3.69. The molecule has 0 aliphatic carbocycles. The summed E-state index contributed by atoms with van der Waals surface area (Å²) in [7, 11) is 0. The van der Waals surface area contributed by atoms with Gasteiger partial charge in [0.05, 0.1) is 16.2 Å². The van der Waals surface area contributed by atoms with E-state index in [4.69, 9.17) is 10.5 Å². The number of benzene rings is 1. The highest BCUT2D eigenvalue weighted by Crippen LogP contribution is 2.22. The molecule has 24 heavy (non-hydrogen) atoms. The van der Waals surface area contributed by atoms with E-state index in [1.165, 1.54) is 12.1 Å². The number of ether oxygens (including phenoxy) is 1. The third-order valence-corrected chi connectivity index (χ3v) is 4.21. The highest BCUT2D eigenvalue weighted by atomic mass is 16.6. The molecule has 1 heterocycles. The molecule has 8 heteroatoms. The van der Waals surface area contributed by atoms with Crippen molar-refractivity contribution in [2.24, 2.45) is 0 Å². The van der Waals surface area contributed by atoms with Crippen molar-refractivity contribution in [3.05, 3.63) is 33.9 Å². The van der Waals surface area contributed by atoms with Crippen molar-refractivity contribution in [1.29, 1.82) is 0 Å². The number of esters is 1. The molecule has 0 unspecified atom stereocenters. The monoisotopic (exact) mass is 335 g/mol. The van der Waals surface area contributed by atoms with Crippen LogP contribution in [0.4, 0.5) is 11.4 Å². The number of likely N-dealkylation sites (tertiary alicyclic amines) is 1. The minimum absolute atomic E-state index is 0.0130. The van der Waals surface area contributed by atoms with Crippen LogP contribution in [0.5, 0.6) is 0 Å². The number of non-ortho nitro benzene ring substituents is 1. The fourth-order valence-electron chi connectivity index (χ4n) is 2.89. The molecule has 1 aliphatic heterocycles. The molecule has 8 nitrogen and oxygen atoms in total. The molecule has 1 saturated heterocycles. The maximum absolute atomic E-state index is 12.3. The molecule has 1 amide bonds. The number of nitrogens with zero attached hydrogens (tertiary/aromatic N) is 2. The molecule has 0 saturated carbocycles. The van der Waals surface area contributed by atoms with Gasteiger partial charge in [0.1, 0.15) is 0 Å². The summed E-state index contributed by atoms with van der Waals surface area (Å²) in [6.07, 6.45) is 3.88. The topological polar surface area (TPSA) is 116 Å². The van der Waals surface area contributed by atoms with Crippen LogP contribution in [0.1, 0.15) is 43.0 Å². The van der Waals surface area contributed by atoms with Gasteiger partial charge in [-0.05, 0) is 31.7 Å². The maximum atomic E-state index is 12.3.